The second kappa shape index (κ2) is 5.58. The van der Waals surface area contributed by atoms with E-state index in [9.17, 15) is 13.2 Å². The highest BCUT2D eigenvalue weighted by molar-refractivity contribution is 7.92. The van der Waals surface area contributed by atoms with Crippen LogP contribution in [0.1, 0.15) is 6.42 Å². The monoisotopic (exact) mass is 283 g/mol. The van der Waals surface area contributed by atoms with E-state index in [0.717, 1.165) is 19.3 Å². The molecule has 104 valence electrons. The molecule has 2 rings (SSSR count). The van der Waals surface area contributed by atoms with Crippen LogP contribution in [-0.2, 0) is 14.8 Å². The summed E-state index contributed by atoms with van der Waals surface area (Å²) in [6.45, 7) is 1.79. The van der Waals surface area contributed by atoms with E-state index in [-0.39, 0.29) is 5.91 Å². The summed E-state index contributed by atoms with van der Waals surface area (Å²) < 4.78 is 24.4. The van der Waals surface area contributed by atoms with Crippen LogP contribution in [0.25, 0.3) is 0 Å². The van der Waals surface area contributed by atoms with Crippen LogP contribution in [0.4, 0.5) is 11.4 Å². The molecule has 6 nitrogen and oxygen atoms in total. The maximum atomic E-state index is 11.7. The Hall–Kier alpha value is -1.60. The SMILES string of the molecule is CS(=O)(=O)Nc1ccc(NC(=O)CC2CNC2)cc1. The Bertz CT molecular complexity index is 550. The van der Waals surface area contributed by atoms with Crippen LogP contribution in [0.5, 0.6) is 0 Å². The van der Waals surface area contributed by atoms with Gasteiger partial charge in [0.1, 0.15) is 0 Å². The lowest BCUT2D eigenvalue weighted by Crippen LogP contribution is -2.43. The molecule has 0 unspecified atom stereocenters. The van der Waals surface area contributed by atoms with Crippen molar-refractivity contribution in [1.82, 2.24) is 5.32 Å². The Kier molecular flexibility index (Phi) is 4.06. The fraction of sp³-hybridized carbons (Fsp3) is 0.417. The van der Waals surface area contributed by atoms with E-state index in [4.69, 9.17) is 0 Å². The predicted octanol–water partition coefficient (Wildman–Crippen LogP) is 0.606. The zero-order chi connectivity index (χ0) is 13.9. The maximum Gasteiger partial charge on any atom is 0.229 e. The number of rotatable bonds is 5. The lowest BCUT2D eigenvalue weighted by atomic mass is 9.99. The van der Waals surface area contributed by atoms with E-state index < -0.39 is 10.0 Å². The molecule has 1 amide bonds. The van der Waals surface area contributed by atoms with Gasteiger partial charge in [-0.15, -0.1) is 0 Å². The maximum absolute atomic E-state index is 11.7. The predicted molar refractivity (Wildman–Crippen MR) is 74.5 cm³/mol. The third kappa shape index (κ3) is 4.53. The fourth-order valence-corrected chi connectivity index (χ4v) is 2.37. The molecule has 0 saturated carbocycles. The van der Waals surface area contributed by atoms with Gasteiger partial charge < -0.3 is 10.6 Å². The Balaban J connectivity index is 1.89. The molecule has 1 aliphatic rings. The van der Waals surface area contributed by atoms with E-state index in [2.05, 4.69) is 15.4 Å². The van der Waals surface area contributed by atoms with Gasteiger partial charge >= 0.3 is 0 Å². The molecule has 1 aromatic carbocycles. The summed E-state index contributed by atoms with van der Waals surface area (Å²) >= 11 is 0. The van der Waals surface area contributed by atoms with Crippen molar-refractivity contribution < 1.29 is 13.2 Å². The number of sulfonamides is 1. The van der Waals surface area contributed by atoms with Crippen LogP contribution in [0.3, 0.4) is 0 Å². The Labute approximate surface area is 112 Å². The number of amides is 1. The number of benzene rings is 1. The van der Waals surface area contributed by atoms with Gasteiger partial charge in [-0.2, -0.15) is 0 Å². The molecule has 1 saturated heterocycles. The Morgan fingerprint density at radius 1 is 1.26 bits per heavy atom. The van der Waals surface area contributed by atoms with Crippen LogP contribution < -0.4 is 15.4 Å². The van der Waals surface area contributed by atoms with E-state index >= 15 is 0 Å². The van der Waals surface area contributed by atoms with Gasteiger partial charge in [0, 0.05) is 17.8 Å². The summed E-state index contributed by atoms with van der Waals surface area (Å²) in [4.78, 5) is 11.7. The van der Waals surface area contributed by atoms with Gasteiger partial charge in [-0.05, 0) is 43.3 Å². The van der Waals surface area contributed by atoms with Gasteiger partial charge in [0.15, 0.2) is 0 Å². The van der Waals surface area contributed by atoms with Crippen LogP contribution in [-0.4, -0.2) is 33.7 Å². The third-order valence-corrected chi connectivity index (χ3v) is 3.42. The molecule has 1 heterocycles. The minimum absolute atomic E-state index is 0.0182. The molecule has 0 aliphatic carbocycles. The molecule has 0 bridgehead atoms. The zero-order valence-electron chi connectivity index (χ0n) is 10.6. The first-order valence-corrected chi connectivity index (χ1v) is 7.90. The number of carbonyl (C=O) groups excluding carboxylic acids is 1. The van der Waals surface area contributed by atoms with Crippen molar-refractivity contribution in [3.63, 3.8) is 0 Å². The van der Waals surface area contributed by atoms with E-state index in [1.165, 1.54) is 0 Å². The third-order valence-electron chi connectivity index (χ3n) is 2.81. The number of carbonyl (C=O) groups is 1. The average Bonchev–Trinajstić information content (AvgIpc) is 2.24. The van der Waals surface area contributed by atoms with Gasteiger partial charge in [0.2, 0.25) is 15.9 Å². The zero-order valence-corrected chi connectivity index (χ0v) is 11.5. The largest absolute Gasteiger partial charge is 0.326 e. The van der Waals surface area contributed by atoms with Gasteiger partial charge in [0.05, 0.1) is 6.26 Å². The second-order valence-corrected chi connectivity index (χ2v) is 6.48. The van der Waals surface area contributed by atoms with Crippen molar-refractivity contribution in [2.75, 3.05) is 29.4 Å². The Morgan fingerprint density at radius 2 is 1.84 bits per heavy atom. The quantitative estimate of drug-likeness (QED) is 0.738. The van der Waals surface area contributed by atoms with Crippen LogP contribution in [0.15, 0.2) is 24.3 Å². The topological polar surface area (TPSA) is 87.3 Å². The van der Waals surface area contributed by atoms with Crippen molar-refractivity contribution >= 4 is 27.3 Å². The molecule has 0 aromatic heterocycles. The van der Waals surface area contributed by atoms with E-state index in [0.29, 0.717) is 23.7 Å². The number of nitrogens with one attached hydrogen (secondary N) is 3. The molecule has 7 heteroatoms. The summed E-state index contributed by atoms with van der Waals surface area (Å²) in [6.07, 6.45) is 1.60. The number of hydrogen-bond donors (Lipinski definition) is 3. The minimum Gasteiger partial charge on any atom is -0.326 e. The summed E-state index contributed by atoms with van der Waals surface area (Å²) in [7, 11) is -3.27. The van der Waals surface area contributed by atoms with Crippen molar-refractivity contribution in [2.24, 2.45) is 5.92 Å². The highest BCUT2D eigenvalue weighted by Gasteiger charge is 2.19. The first-order valence-electron chi connectivity index (χ1n) is 6.01. The summed E-state index contributed by atoms with van der Waals surface area (Å²) in [6, 6.07) is 6.57. The number of anilines is 2. The molecule has 3 N–H and O–H groups in total. The van der Waals surface area contributed by atoms with Gasteiger partial charge in [0.25, 0.3) is 0 Å². The minimum atomic E-state index is -3.27. The molecule has 0 spiro atoms. The summed E-state index contributed by atoms with van der Waals surface area (Å²) in [5.74, 6) is 0.404. The average molecular weight is 283 g/mol. The summed E-state index contributed by atoms with van der Waals surface area (Å²) in [5.41, 5.74) is 1.14. The second-order valence-electron chi connectivity index (χ2n) is 4.73. The van der Waals surface area contributed by atoms with E-state index in [1.807, 2.05) is 0 Å². The molecule has 1 aliphatic heterocycles. The normalized spacial score (nSPS) is 15.6. The molecule has 0 atom stereocenters. The number of hydrogen-bond acceptors (Lipinski definition) is 4. The Morgan fingerprint density at radius 3 is 2.32 bits per heavy atom. The van der Waals surface area contributed by atoms with Crippen molar-refractivity contribution in [1.29, 1.82) is 0 Å². The molecular weight excluding hydrogens is 266 g/mol. The van der Waals surface area contributed by atoms with Gasteiger partial charge in [-0.25, -0.2) is 8.42 Å². The smallest absolute Gasteiger partial charge is 0.229 e. The molecular formula is C12H17N3O3S. The van der Waals surface area contributed by atoms with Crippen LogP contribution >= 0.6 is 0 Å². The fourth-order valence-electron chi connectivity index (χ4n) is 1.80. The molecule has 1 fully saturated rings. The first kappa shape index (κ1) is 13.8. The molecule has 19 heavy (non-hydrogen) atoms. The van der Waals surface area contributed by atoms with Gasteiger partial charge in [-0.3, -0.25) is 9.52 Å². The van der Waals surface area contributed by atoms with E-state index in [1.54, 1.807) is 24.3 Å². The molecule has 1 aromatic rings. The van der Waals surface area contributed by atoms with Crippen LogP contribution in [0.2, 0.25) is 0 Å². The van der Waals surface area contributed by atoms with Crippen molar-refractivity contribution in [3.05, 3.63) is 24.3 Å². The lowest BCUT2D eigenvalue weighted by Gasteiger charge is -2.26. The van der Waals surface area contributed by atoms with Crippen molar-refractivity contribution in [3.8, 4) is 0 Å². The highest BCUT2D eigenvalue weighted by atomic mass is 32.2. The molecule has 0 radical (unpaired) electrons. The first-order chi connectivity index (χ1) is 8.92. The highest BCUT2D eigenvalue weighted by Crippen LogP contribution is 2.16. The lowest BCUT2D eigenvalue weighted by molar-refractivity contribution is -0.117. The summed E-state index contributed by atoms with van der Waals surface area (Å²) in [5, 5.41) is 5.90. The van der Waals surface area contributed by atoms with Crippen LogP contribution in [0, 0.1) is 5.92 Å². The standard InChI is InChI=1S/C12H17N3O3S/c1-19(17,18)15-11-4-2-10(3-5-11)14-12(16)6-9-7-13-8-9/h2-5,9,13,15H,6-8H2,1H3,(H,14,16). The van der Waals surface area contributed by atoms with Crippen molar-refractivity contribution in [2.45, 2.75) is 6.42 Å². The van der Waals surface area contributed by atoms with Gasteiger partial charge in [-0.1, -0.05) is 0 Å².